The molecular formula is C16H16ClN3O. The van der Waals surface area contributed by atoms with E-state index in [1.54, 1.807) is 18.2 Å². The molecule has 0 saturated heterocycles. The van der Waals surface area contributed by atoms with Crippen LogP contribution in [0.25, 0.3) is 0 Å². The van der Waals surface area contributed by atoms with Crippen molar-refractivity contribution < 1.29 is 4.79 Å². The molecule has 0 radical (unpaired) electrons. The minimum absolute atomic E-state index is 0.411. The number of amides is 1. The highest BCUT2D eigenvalue weighted by atomic mass is 35.5. The maximum absolute atomic E-state index is 11.1. The first-order valence-electron chi connectivity index (χ1n) is 6.78. The van der Waals surface area contributed by atoms with Crippen LogP contribution in [0.5, 0.6) is 0 Å². The highest BCUT2D eigenvalue weighted by Gasteiger charge is 2.10. The van der Waals surface area contributed by atoms with Crippen molar-refractivity contribution in [1.82, 2.24) is 5.32 Å². The summed E-state index contributed by atoms with van der Waals surface area (Å²) in [5.74, 6) is -0.477. The normalized spacial score (nSPS) is 13.0. The summed E-state index contributed by atoms with van der Waals surface area (Å²) in [4.78, 5) is 11.1. The zero-order valence-corrected chi connectivity index (χ0v) is 12.2. The van der Waals surface area contributed by atoms with Crippen molar-refractivity contribution >= 4 is 23.2 Å². The van der Waals surface area contributed by atoms with Gasteiger partial charge in [-0.15, -0.1) is 0 Å². The molecule has 0 bridgehead atoms. The molecule has 0 spiro atoms. The number of halogens is 1. The molecule has 108 valence electrons. The number of nitrogens with two attached hydrogens (primary N) is 1. The van der Waals surface area contributed by atoms with Crippen LogP contribution in [0, 0.1) is 0 Å². The van der Waals surface area contributed by atoms with Crippen molar-refractivity contribution in [3.8, 4) is 0 Å². The first-order valence-corrected chi connectivity index (χ1v) is 7.16. The molecule has 1 aliphatic rings. The summed E-state index contributed by atoms with van der Waals surface area (Å²) in [6.45, 7) is 2.56. The van der Waals surface area contributed by atoms with E-state index in [4.69, 9.17) is 17.3 Å². The Kier molecular flexibility index (Phi) is 3.82. The molecular weight excluding hydrogens is 286 g/mol. The fraction of sp³-hybridized carbons (Fsp3) is 0.188. The summed E-state index contributed by atoms with van der Waals surface area (Å²) < 4.78 is 0. The fourth-order valence-electron chi connectivity index (χ4n) is 2.47. The Labute approximate surface area is 128 Å². The Balaban J connectivity index is 1.71. The van der Waals surface area contributed by atoms with Crippen LogP contribution in [0.3, 0.4) is 0 Å². The number of benzene rings is 2. The molecule has 1 aliphatic heterocycles. The zero-order valence-electron chi connectivity index (χ0n) is 11.4. The largest absolute Gasteiger partial charge is 0.380 e. The zero-order chi connectivity index (χ0) is 14.8. The van der Waals surface area contributed by atoms with Crippen LogP contribution >= 0.6 is 11.6 Å². The average molecular weight is 302 g/mol. The van der Waals surface area contributed by atoms with Gasteiger partial charge in [-0.1, -0.05) is 29.8 Å². The van der Waals surface area contributed by atoms with E-state index in [1.165, 1.54) is 16.7 Å². The van der Waals surface area contributed by atoms with Crippen molar-refractivity contribution in [2.45, 2.75) is 19.6 Å². The highest BCUT2D eigenvalue weighted by molar-refractivity contribution is 6.33. The summed E-state index contributed by atoms with van der Waals surface area (Å²) in [6.07, 6.45) is 0. The molecule has 2 aromatic carbocycles. The van der Waals surface area contributed by atoms with Crippen LogP contribution in [0.15, 0.2) is 36.4 Å². The molecule has 5 heteroatoms. The lowest BCUT2D eigenvalue weighted by atomic mass is 10.1. The second-order valence-corrected chi connectivity index (χ2v) is 5.53. The Morgan fingerprint density at radius 2 is 2.00 bits per heavy atom. The molecule has 0 unspecified atom stereocenters. The van der Waals surface area contributed by atoms with Crippen LogP contribution in [0.1, 0.15) is 27.0 Å². The maximum atomic E-state index is 11.1. The maximum Gasteiger partial charge on any atom is 0.248 e. The van der Waals surface area contributed by atoms with Gasteiger partial charge in [-0.25, -0.2) is 0 Å². The molecule has 21 heavy (non-hydrogen) atoms. The SMILES string of the molecule is NC(=O)c1ccc(NCc2ccc3c(c2)CNC3)c(Cl)c1. The van der Waals surface area contributed by atoms with E-state index in [0.29, 0.717) is 17.1 Å². The summed E-state index contributed by atoms with van der Waals surface area (Å²) in [5.41, 5.74) is 10.3. The molecule has 0 fully saturated rings. The van der Waals surface area contributed by atoms with Crippen LogP contribution in [0.4, 0.5) is 5.69 Å². The second-order valence-electron chi connectivity index (χ2n) is 5.12. The van der Waals surface area contributed by atoms with Gasteiger partial charge in [0.2, 0.25) is 5.91 Å². The Bertz CT molecular complexity index is 700. The van der Waals surface area contributed by atoms with E-state index >= 15 is 0 Å². The first kappa shape index (κ1) is 13.9. The lowest BCUT2D eigenvalue weighted by Gasteiger charge is -2.10. The highest BCUT2D eigenvalue weighted by Crippen LogP contribution is 2.24. The third-order valence-electron chi connectivity index (χ3n) is 3.64. The number of rotatable bonds is 4. The molecule has 0 aliphatic carbocycles. The minimum Gasteiger partial charge on any atom is -0.380 e. The predicted molar refractivity (Wildman–Crippen MR) is 84.3 cm³/mol. The third-order valence-corrected chi connectivity index (χ3v) is 3.95. The van der Waals surface area contributed by atoms with Crippen molar-refractivity contribution in [3.63, 3.8) is 0 Å². The summed E-state index contributed by atoms with van der Waals surface area (Å²) >= 11 is 6.15. The number of hydrogen-bond donors (Lipinski definition) is 3. The summed E-state index contributed by atoms with van der Waals surface area (Å²) in [7, 11) is 0. The predicted octanol–water partition coefficient (Wildman–Crippen LogP) is 2.65. The van der Waals surface area contributed by atoms with E-state index in [-0.39, 0.29) is 0 Å². The monoisotopic (exact) mass is 301 g/mol. The van der Waals surface area contributed by atoms with Gasteiger partial charge in [0.05, 0.1) is 10.7 Å². The molecule has 4 nitrogen and oxygen atoms in total. The number of nitrogens with one attached hydrogen (secondary N) is 2. The summed E-state index contributed by atoms with van der Waals surface area (Å²) in [5, 5.41) is 7.11. The number of fused-ring (bicyclic) bond motifs is 1. The van der Waals surface area contributed by atoms with Gasteiger partial charge in [-0.05, 0) is 34.9 Å². The van der Waals surface area contributed by atoms with E-state index in [2.05, 4.69) is 28.8 Å². The van der Waals surface area contributed by atoms with Crippen molar-refractivity contribution in [1.29, 1.82) is 0 Å². The molecule has 4 N–H and O–H groups in total. The van der Waals surface area contributed by atoms with Crippen molar-refractivity contribution in [2.24, 2.45) is 5.73 Å². The smallest absolute Gasteiger partial charge is 0.248 e. The number of primary amides is 1. The Morgan fingerprint density at radius 1 is 1.19 bits per heavy atom. The van der Waals surface area contributed by atoms with E-state index < -0.39 is 5.91 Å². The van der Waals surface area contributed by atoms with E-state index in [9.17, 15) is 4.79 Å². The Hall–Kier alpha value is -2.04. The van der Waals surface area contributed by atoms with Crippen molar-refractivity contribution in [2.75, 3.05) is 5.32 Å². The first-order chi connectivity index (χ1) is 10.1. The topological polar surface area (TPSA) is 67.2 Å². The van der Waals surface area contributed by atoms with E-state index in [1.807, 2.05) is 0 Å². The van der Waals surface area contributed by atoms with Crippen LogP contribution < -0.4 is 16.4 Å². The number of carbonyl (C=O) groups excluding carboxylic acids is 1. The Morgan fingerprint density at radius 3 is 2.76 bits per heavy atom. The lowest BCUT2D eigenvalue weighted by Crippen LogP contribution is -2.11. The fourth-order valence-corrected chi connectivity index (χ4v) is 2.71. The van der Waals surface area contributed by atoms with Crippen molar-refractivity contribution in [3.05, 3.63) is 63.7 Å². The molecule has 2 aromatic rings. The number of anilines is 1. The average Bonchev–Trinajstić information content (AvgIpc) is 2.93. The molecule has 1 amide bonds. The third kappa shape index (κ3) is 3.01. The molecule has 0 saturated carbocycles. The number of hydrogen-bond acceptors (Lipinski definition) is 3. The molecule has 0 aromatic heterocycles. The van der Waals surface area contributed by atoms with Gasteiger partial charge in [0.1, 0.15) is 0 Å². The molecule has 0 atom stereocenters. The van der Waals surface area contributed by atoms with Gasteiger partial charge < -0.3 is 16.4 Å². The van der Waals surface area contributed by atoms with Gasteiger partial charge in [-0.2, -0.15) is 0 Å². The van der Waals surface area contributed by atoms with Gasteiger partial charge in [0.25, 0.3) is 0 Å². The molecule has 1 heterocycles. The standard InChI is InChI=1S/C16H16ClN3O/c17-14-6-11(16(18)21)3-4-15(14)20-7-10-1-2-12-8-19-9-13(12)5-10/h1-6,19-20H,7-9H2,(H2,18,21). The van der Waals surface area contributed by atoms with Gasteiger partial charge in [0.15, 0.2) is 0 Å². The van der Waals surface area contributed by atoms with Gasteiger partial charge >= 0.3 is 0 Å². The van der Waals surface area contributed by atoms with E-state index in [0.717, 1.165) is 18.8 Å². The van der Waals surface area contributed by atoms with Crippen LogP contribution in [-0.4, -0.2) is 5.91 Å². The quantitative estimate of drug-likeness (QED) is 0.813. The minimum atomic E-state index is -0.477. The van der Waals surface area contributed by atoms with Crippen LogP contribution in [-0.2, 0) is 19.6 Å². The molecule has 3 rings (SSSR count). The lowest BCUT2D eigenvalue weighted by molar-refractivity contribution is 0.100. The summed E-state index contributed by atoms with van der Waals surface area (Å²) in [6, 6.07) is 11.5. The van der Waals surface area contributed by atoms with Gasteiger partial charge in [0, 0.05) is 25.2 Å². The number of carbonyl (C=O) groups is 1. The second kappa shape index (κ2) is 5.76. The van der Waals surface area contributed by atoms with Gasteiger partial charge in [-0.3, -0.25) is 4.79 Å². The van der Waals surface area contributed by atoms with Crippen LogP contribution in [0.2, 0.25) is 5.02 Å².